The second kappa shape index (κ2) is 8.65. The maximum atomic E-state index is 13.3. The van der Waals surface area contributed by atoms with Gasteiger partial charge in [0, 0.05) is 26.2 Å². The van der Waals surface area contributed by atoms with Gasteiger partial charge in [0.15, 0.2) is 0 Å². The molecule has 2 aromatic heterocycles. The number of aromatic nitrogens is 1. The summed E-state index contributed by atoms with van der Waals surface area (Å²) in [6, 6.07) is 17.8. The monoisotopic (exact) mass is 499 g/mol. The Hall–Kier alpha value is -4.44. The molecule has 1 unspecified atom stereocenters. The van der Waals surface area contributed by atoms with Crippen molar-refractivity contribution < 1.29 is 19.1 Å². The van der Waals surface area contributed by atoms with Crippen molar-refractivity contribution in [1.29, 1.82) is 0 Å². The van der Waals surface area contributed by atoms with E-state index in [2.05, 4.69) is 15.6 Å². The largest absolute Gasteiger partial charge is 0.457 e. The Morgan fingerprint density at radius 1 is 1.08 bits per heavy atom. The number of hydrogen-bond donors (Lipinski definition) is 2. The van der Waals surface area contributed by atoms with Gasteiger partial charge in [-0.05, 0) is 42.5 Å². The number of nitrogens with one attached hydrogen (secondary N) is 2. The first-order valence-corrected chi connectivity index (χ1v) is 12.2. The van der Waals surface area contributed by atoms with Crippen molar-refractivity contribution in [2.24, 2.45) is 0 Å². The van der Waals surface area contributed by atoms with Crippen molar-refractivity contribution in [3.05, 3.63) is 71.7 Å². The Balaban J connectivity index is 1.31. The molecule has 1 fully saturated rings. The van der Waals surface area contributed by atoms with Gasteiger partial charge in [-0.2, -0.15) is 0 Å². The molecule has 4 aromatic rings. The molecule has 9 nitrogen and oxygen atoms in total. The zero-order valence-corrected chi connectivity index (χ0v) is 20.0. The lowest BCUT2D eigenvalue weighted by atomic mass is 10.1. The van der Waals surface area contributed by atoms with Crippen LogP contribution in [0.15, 0.2) is 66.9 Å². The molecule has 2 aromatic carbocycles. The number of para-hydroxylation sites is 1. The highest BCUT2D eigenvalue weighted by molar-refractivity contribution is 7.21. The van der Waals surface area contributed by atoms with Gasteiger partial charge in [0.25, 0.3) is 5.91 Å². The summed E-state index contributed by atoms with van der Waals surface area (Å²) in [6.45, 7) is 0.457. The number of carbonyl (C=O) groups is 3. The number of ether oxygens (including phenoxy) is 1. The van der Waals surface area contributed by atoms with Crippen molar-refractivity contribution in [2.45, 2.75) is 12.5 Å². The Bertz CT molecular complexity index is 1500. The molecule has 180 valence electrons. The molecule has 0 aliphatic carbocycles. The lowest BCUT2D eigenvalue weighted by Crippen LogP contribution is -2.37. The number of anilines is 3. The number of nitrogens with zero attached hydrogens (tertiary/aromatic N) is 3. The number of hydrogen-bond acceptors (Lipinski definition) is 6. The average molecular weight is 500 g/mol. The predicted molar refractivity (Wildman–Crippen MR) is 137 cm³/mol. The van der Waals surface area contributed by atoms with Crippen LogP contribution in [0.4, 0.5) is 21.9 Å². The molecular formula is C26H21N5O4S. The van der Waals surface area contributed by atoms with Crippen molar-refractivity contribution in [1.82, 2.24) is 15.2 Å². The van der Waals surface area contributed by atoms with E-state index in [1.54, 1.807) is 41.2 Å². The Morgan fingerprint density at radius 2 is 1.83 bits per heavy atom. The molecule has 4 heterocycles. The molecule has 2 aliphatic rings. The maximum absolute atomic E-state index is 13.3. The van der Waals surface area contributed by atoms with E-state index < -0.39 is 0 Å². The molecule has 0 saturated carbocycles. The number of rotatable bonds is 5. The van der Waals surface area contributed by atoms with Crippen LogP contribution in [0.5, 0.6) is 11.5 Å². The van der Waals surface area contributed by atoms with E-state index in [4.69, 9.17) is 4.74 Å². The molecule has 1 atom stereocenters. The van der Waals surface area contributed by atoms with Gasteiger partial charge in [0.2, 0.25) is 5.91 Å². The Morgan fingerprint density at radius 3 is 2.56 bits per heavy atom. The van der Waals surface area contributed by atoms with Crippen molar-refractivity contribution in [3.8, 4) is 11.5 Å². The summed E-state index contributed by atoms with van der Waals surface area (Å²) in [5.41, 5.74) is 1.73. The van der Waals surface area contributed by atoms with Crippen LogP contribution in [0.2, 0.25) is 0 Å². The highest BCUT2D eigenvalue weighted by Gasteiger charge is 2.34. The quantitative estimate of drug-likeness (QED) is 0.413. The first kappa shape index (κ1) is 22.1. The number of urea groups is 1. The average Bonchev–Trinajstić information content (AvgIpc) is 3.40. The molecule has 0 spiro atoms. The fourth-order valence-corrected chi connectivity index (χ4v) is 5.52. The molecule has 0 bridgehead atoms. The van der Waals surface area contributed by atoms with E-state index >= 15 is 0 Å². The number of amides is 4. The van der Waals surface area contributed by atoms with E-state index in [1.165, 1.54) is 11.3 Å². The van der Waals surface area contributed by atoms with E-state index in [0.717, 1.165) is 5.75 Å². The number of benzene rings is 2. The first-order chi connectivity index (χ1) is 17.5. The standard InChI is InChI=1S/C26H21N5O4S/c1-30-14-15(13-20(30)32)28-24(33)23-22-21-19(11-12-27-25(21)36-23)31(26(34)29-22)16-7-9-18(10-8-16)35-17-5-3-2-4-6-17/h2-12,15H,13-14H2,1H3,(H,28,33)(H,29,34). The molecule has 36 heavy (non-hydrogen) atoms. The van der Waals surface area contributed by atoms with Crippen LogP contribution in [-0.2, 0) is 4.79 Å². The van der Waals surface area contributed by atoms with E-state index in [0.29, 0.717) is 44.5 Å². The maximum Gasteiger partial charge on any atom is 0.331 e. The molecule has 1 saturated heterocycles. The fourth-order valence-electron chi connectivity index (χ4n) is 4.50. The topological polar surface area (TPSA) is 104 Å². The third-order valence-electron chi connectivity index (χ3n) is 6.20. The van der Waals surface area contributed by atoms with Gasteiger partial charge in [-0.3, -0.25) is 14.5 Å². The first-order valence-electron chi connectivity index (χ1n) is 11.4. The molecule has 2 N–H and O–H groups in total. The SMILES string of the molecule is CN1CC(NC(=O)c2sc3nccc4c3c2NC(=O)N4c2ccc(Oc3ccccc3)cc2)CC1=O. The van der Waals surface area contributed by atoms with Crippen molar-refractivity contribution in [3.63, 3.8) is 0 Å². The second-order valence-electron chi connectivity index (χ2n) is 8.64. The molecule has 6 rings (SSSR count). The summed E-state index contributed by atoms with van der Waals surface area (Å²) < 4.78 is 5.86. The van der Waals surface area contributed by atoms with Gasteiger partial charge in [0.05, 0.1) is 28.5 Å². The van der Waals surface area contributed by atoms with Gasteiger partial charge >= 0.3 is 6.03 Å². The summed E-state index contributed by atoms with van der Waals surface area (Å²) in [4.78, 5) is 46.8. The highest BCUT2D eigenvalue weighted by atomic mass is 32.1. The number of likely N-dealkylation sites (tertiary alicyclic amines) is 1. The Labute approximate surface area is 210 Å². The zero-order chi connectivity index (χ0) is 24.8. The third kappa shape index (κ3) is 3.81. The fraction of sp³-hybridized carbons (Fsp3) is 0.154. The van der Waals surface area contributed by atoms with E-state index in [9.17, 15) is 14.4 Å². The van der Waals surface area contributed by atoms with Gasteiger partial charge in [0.1, 0.15) is 21.2 Å². The molecule has 0 radical (unpaired) electrons. The third-order valence-corrected chi connectivity index (χ3v) is 7.30. The van der Waals surface area contributed by atoms with Crippen molar-refractivity contribution >= 4 is 56.5 Å². The predicted octanol–water partition coefficient (Wildman–Crippen LogP) is 4.73. The summed E-state index contributed by atoms with van der Waals surface area (Å²) in [5, 5.41) is 6.51. The van der Waals surface area contributed by atoms with Crippen LogP contribution >= 0.6 is 11.3 Å². The minimum atomic E-state index is -0.380. The number of pyridine rings is 1. The Kier molecular flexibility index (Phi) is 5.30. The lowest BCUT2D eigenvalue weighted by Gasteiger charge is -2.28. The van der Waals surface area contributed by atoms with Crippen LogP contribution in [0.3, 0.4) is 0 Å². The summed E-state index contributed by atoms with van der Waals surface area (Å²) >= 11 is 1.22. The smallest absolute Gasteiger partial charge is 0.331 e. The zero-order valence-electron chi connectivity index (χ0n) is 19.2. The van der Waals surface area contributed by atoms with Crippen LogP contribution in [-0.4, -0.2) is 47.4 Å². The number of thiophene rings is 1. The summed E-state index contributed by atoms with van der Waals surface area (Å²) in [6.07, 6.45) is 1.89. The highest BCUT2D eigenvalue weighted by Crippen LogP contribution is 2.45. The molecule has 10 heteroatoms. The van der Waals surface area contributed by atoms with Crippen LogP contribution in [0.25, 0.3) is 10.2 Å². The summed E-state index contributed by atoms with van der Waals surface area (Å²) in [5.74, 6) is 1.03. The van der Waals surface area contributed by atoms with Gasteiger partial charge < -0.3 is 20.3 Å². The van der Waals surface area contributed by atoms with E-state index in [-0.39, 0.29) is 30.3 Å². The van der Waals surface area contributed by atoms with Crippen LogP contribution in [0, 0.1) is 0 Å². The van der Waals surface area contributed by atoms with Gasteiger partial charge in [-0.15, -0.1) is 11.3 Å². The van der Waals surface area contributed by atoms with E-state index in [1.807, 2.05) is 42.5 Å². The van der Waals surface area contributed by atoms with Crippen molar-refractivity contribution in [2.75, 3.05) is 23.8 Å². The van der Waals surface area contributed by atoms with Crippen LogP contribution in [0.1, 0.15) is 16.1 Å². The minimum absolute atomic E-state index is 0.00827. The van der Waals surface area contributed by atoms with Gasteiger partial charge in [-0.25, -0.2) is 9.78 Å². The second-order valence-corrected chi connectivity index (χ2v) is 9.64. The molecule has 4 amide bonds. The summed E-state index contributed by atoms with van der Waals surface area (Å²) in [7, 11) is 1.71. The number of likely N-dealkylation sites (N-methyl/N-ethyl adjacent to an activating group) is 1. The normalized spacial score (nSPS) is 16.9. The number of carbonyl (C=O) groups excluding carboxylic acids is 3. The lowest BCUT2D eigenvalue weighted by molar-refractivity contribution is -0.126. The van der Waals surface area contributed by atoms with Crippen LogP contribution < -0.4 is 20.3 Å². The van der Waals surface area contributed by atoms with Gasteiger partial charge in [-0.1, -0.05) is 18.2 Å². The molecular weight excluding hydrogens is 478 g/mol. The minimum Gasteiger partial charge on any atom is -0.457 e. The molecule has 2 aliphatic heterocycles.